The van der Waals surface area contributed by atoms with Gasteiger partial charge in [0.05, 0.1) is 0 Å². The van der Waals surface area contributed by atoms with E-state index in [0.717, 1.165) is 29.1 Å². The SMILES string of the molecule is Cc1cc(CC2CCCP(c3ccccc3)(c3ccccc3)(c3ccc(Cl)cc3)C2)no1. The molecule has 2 nitrogen and oxygen atoms in total. The first kappa shape index (κ1) is 21.4. The molecule has 2 heterocycles. The van der Waals surface area contributed by atoms with Crippen molar-refractivity contribution in [2.45, 2.75) is 26.2 Å². The number of rotatable bonds is 5. The van der Waals surface area contributed by atoms with Crippen molar-refractivity contribution in [2.24, 2.45) is 5.92 Å². The zero-order valence-corrected chi connectivity index (χ0v) is 20.1. The van der Waals surface area contributed by atoms with E-state index >= 15 is 0 Å². The second-order valence-corrected chi connectivity index (χ2v) is 15.0. The zero-order valence-electron chi connectivity index (χ0n) is 18.5. The molecule has 1 aliphatic heterocycles. The normalized spacial score (nSPS) is 20.8. The predicted molar refractivity (Wildman–Crippen MR) is 138 cm³/mol. The Labute approximate surface area is 195 Å². The predicted octanol–water partition coefficient (Wildman–Crippen LogP) is 6.12. The molecule has 0 amide bonds. The molecule has 0 saturated carbocycles. The summed E-state index contributed by atoms with van der Waals surface area (Å²) in [6.07, 6.45) is 5.72. The summed E-state index contributed by atoms with van der Waals surface area (Å²) in [5.41, 5.74) is 1.07. The van der Waals surface area contributed by atoms with Crippen molar-refractivity contribution in [3.8, 4) is 0 Å². The van der Waals surface area contributed by atoms with Crippen LogP contribution in [0.5, 0.6) is 0 Å². The van der Waals surface area contributed by atoms with Gasteiger partial charge in [-0.1, -0.05) is 0 Å². The van der Waals surface area contributed by atoms with Crippen molar-refractivity contribution >= 4 is 34.1 Å². The van der Waals surface area contributed by atoms with Crippen molar-refractivity contribution in [3.05, 3.63) is 107 Å². The van der Waals surface area contributed by atoms with Crippen molar-refractivity contribution in [3.63, 3.8) is 0 Å². The van der Waals surface area contributed by atoms with Crippen LogP contribution in [0.3, 0.4) is 0 Å². The van der Waals surface area contributed by atoms with Gasteiger partial charge in [0.2, 0.25) is 0 Å². The number of hydrogen-bond donors (Lipinski definition) is 0. The Bertz CT molecular complexity index is 1150. The Kier molecular flexibility index (Phi) is 5.70. The Morgan fingerprint density at radius 3 is 2.03 bits per heavy atom. The van der Waals surface area contributed by atoms with E-state index in [1.54, 1.807) is 0 Å². The van der Waals surface area contributed by atoms with Gasteiger partial charge >= 0.3 is 196 Å². The van der Waals surface area contributed by atoms with Crippen molar-refractivity contribution in [2.75, 3.05) is 12.3 Å². The van der Waals surface area contributed by atoms with E-state index in [1.165, 1.54) is 34.9 Å². The molecule has 3 aromatic carbocycles. The monoisotopic (exact) mass is 461 g/mol. The summed E-state index contributed by atoms with van der Waals surface area (Å²) in [6.45, 7) is -0.759. The van der Waals surface area contributed by atoms with Gasteiger partial charge in [0.1, 0.15) is 0 Å². The van der Waals surface area contributed by atoms with E-state index in [-0.39, 0.29) is 0 Å². The van der Waals surface area contributed by atoms with Crippen LogP contribution in [0.4, 0.5) is 0 Å². The van der Waals surface area contributed by atoms with Gasteiger partial charge in [-0.3, -0.25) is 0 Å². The standard InChI is InChI=1S/C28H29ClNOP/c1-22-19-25(30-31-22)20-23-9-8-18-32(21-23,26-10-4-2-5-11-26,27-12-6-3-7-13-27)28-16-14-24(29)15-17-28/h2-7,10-17,19,23H,8-9,18,20-21H2,1H3. The number of aromatic nitrogens is 1. The minimum atomic E-state index is -2.73. The van der Waals surface area contributed by atoms with E-state index in [2.05, 4.69) is 96.2 Å². The molecule has 1 aromatic heterocycles. The van der Waals surface area contributed by atoms with E-state index in [9.17, 15) is 0 Å². The molecule has 0 radical (unpaired) electrons. The van der Waals surface area contributed by atoms with E-state index in [1.807, 2.05) is 6.92 Å². The molecule has 32 heavy (non-hydrogen) atoms. The summed E-state index contributed by atoms with van der Waals surface area (Å²) in [4.78, 5) is 0. The third kappa shape index (κ3) is 3.51. The summed E-state index contributed by atoms with van der Waals surface area (Å²) in [6, 6.07) is 33.3. The van der Waals surface area contributed by atoms with Crippen LogP contribution in [0.15, 0.2) is 95.5 Å². The fraction of sp³-hybridized carbons (Fsp3) is 0.250. The first-order valence-corrected chi connectivity index (χ1v) is 14.4. The number of halogens is 1. The Hall–Kier alpha value is -2.41. The van der Waals surface area contributed by atoms with Gasteiger partial charge in [-0.05, 0) is 0 Å². The number of aryl methyl sites for hydroxylation is 1. The van der Waals surface area contributed by atoms with Gasteiger partial charge in [-0.25, -0.2) is 0 Å². The minimum absolute atomic E-state index is 0.544. The molecule has 0 aliphatic carbocycles. The Morgan fingerprint density at radius 1 is 0.875 bits per heavy atom. The third-order valence-corrected chi connectivity index (χ3v) is 14.8. The van der Waals surface area contributed by atoms with Gasteiger partial charge in [-0.2, -0.15) is 0 Å². The summed E-state index contributed by atoms with van der Waals surface area (Å²) in [5, 5.41) is 9.52. The summed E-state index contributed by atoms with van der Waals surface area (Å²) >= 11 is 6.37. The molecule has 4 heteroatoms. The molecule has 0 spiro atoms. The van der Waals surface area contributed by atoms with E-state index in [4.69, 9.17) is 16.1 Å². The Balaban J connectivity index is 1.75. The molecule has 0 N–H and O–H groups in total. The van der Waals surface area contributed by atoms with Gasteiger partial charge in [0, 0.05) is 0 Å². The molecule has 4 aromatic rings. The molecule has 5 rings (SSSR count). The molecule has 1 atom stereocenters. The summed E-state index contributed by atoms with van der Waals surface area (Å²) in [5.74, 6) is 1.43. The third-order valence-electron chi connectivity index (χ3n) is 7.31. The van der Waals surface area contributed by atoms with Crippen LogP contribution in [-0.2, 0) is 6.42 Å². The average Bonchev–Trinajstić information content (AvgIpc) is 3.25. The van der Waals surface area contributed by atoms with Crippen LogP contribution in [0, 0.1) is 12.8 Å². The Morgan fingerprint density at radius 2 is 1.47 bits per heavy atom. The van der Waals surface area contributed by atoms with Crippen LogP contribution in [0.25, 0.3) is 0 Å². The topological polar surface area (TPSA) is 26.0 Å². The summed E-state index contributed by atoms with van der Waals surface area (Å²) < 4.78 is 5.40. The quantitative estimate of drug-likeness (QED) is 0.335. The first-order chi connectivity index (χ1) is 15.6. The molecule has 164 valence electrons. The fourth-order valence-electron chi connectivity index (χ4n) is 5.99. The molecule has 1 unspecified atom stereocenters. The second kappa shape index (κ2) is 8.50. The van der Waals surface area contributed by atoms with Gasteiger partial charge in [0.25, 0.3) is 0 Å². The molecular weight excluding hydrogens is 433 g/mol. The van der Waals surface area contributed by atoms with E-state index in [0.29, 0.717) is 5.92 Å². The van der Waals surface area contributed by atoms with Gasteiger partial charge < -0.3 is 0 Å². The average molecular weight is 462 g/mol. The van der Waals surface area contributed by atoms with Crippen molar-refractivity contribution < 1.29 is 4.52 Å². The van der Waals surface area contributed by atoms with Gasteiger partial charge in [0.15, 0.2) is 0 Å². The van der Waals surface area contributed by atoms with Crippen molar-refractivity contribution in [1.29, 1.82) is 0 Å². The maximum absolute atomic E-state index is 6.37. The number of benzene rings is 3. The molecule has 1 fully saturated rings. The maximum atomic E-state index is 6.37. The van der Waals surface area contributed by atoms with Gasteiger partial charge in [-0.15, -0.1) is 0 Å². The van der Waals surface area contributed by atoms with Crippen LogP contribution >= 0.6 is 18.2 Å². The fourth-order valence-corrected chi connectivity index (χ4v) is 13.6. The van der Waals surface area contributed by atoms with E-state index < -0.39 is 6.60 Å². The zero-order chi connectivity index (χ0) is 22.0. The summed E-state index contributed by atoms with van der Waals surface area (Å²) in [7, 11) is 0. The molecular formula is C28H29ClNOP. The van der Waals surface area contributed by atoms with Crippen molar-refractivity contribution in [1.82, 2.24) is 5.16 Å². The van der Waals surface area contributed by atoms with Crippen LogP contribution in [0.2, 0.25) is 5.02 Å². The molecule has 1 aliphatic rings. The first-order valence-electron chi connectivity index (χ1n) is 11.4. The second-order valence-electron chi connectivity index (χ2n) is 9.20. The molecule has 0 bridgehead atoms. The van der Waals surface area contributed by atoms with Crippen LogP contribution in [0.1, 0.15) is 24.3 Å². The molecule has 1 saturated heterocycles. The van der Waals surface area contributed by atoms with Crippen LogP contribution < -0.4 is 15.9 Å². The van der Waals surface area contributed by atoms with Crippen LogP contribution in [-0.4, -0.2) is 17.5 Å². The number of nitrogens with zero attached hydrogens (tertiary/aromatic N) is 1. The number of hydrogen-bond acceptors (Lipinski definition) is 2.